The molecule has 102 valence electrons. The van der Waals surface area contributed by atoms with Crippen LogP contribution in [-0.4, -0.2) is 15.9 Å². The highest BCUT2D eigenvalue weighted by atomic mass is 79.9. The predicted molar refractivity (Wildman–Crippen MR) is 79.8 cm³/mol. The summed E-state index contributed by atoms with van der Waals surface area (Å²) in [7, 11) is 0. The lowest BCUT2D eigenvalue weighted by molar-refractivity contribution is -0.384. The average Bonchev–Trinajstić information content (AvgIpc) is 3.21. The molecule has 0 saturated heterocycles. The Balaban J connectivity index is 1.76. The standard InChI is InChI=1S/C14H12BrN3O2/c15-10-6-13(18(19)20)14(16-8-10)17-12-7-11(12)9-4-2-1-3-5-9/h1-6,8,11-12H,7H2,(H,16,17). The van der Waals surface area contributed by atoms with Gasteiger partial charge in [0.2, 0.25) is 5.82 Å². The van der Waals surface area contributed by atoms with E-state index in [1.807, 2.05) is 18.2 Å². The predicted octanol–water partition coefficient (Wildman–Crippen LogP) is 3.72. The summed E-state index contributed by atoms with van der Waals surface area (Å²) in [5, 5.41) is 14.2. The molecule has 1 aliphatic carbocycles. The Labute approximate surface area is 124 Å². The van der Waals surface area contributed by atoms with Crippen LogP contribution in [0.25, 0.3) is 0 Å². The van der Waals surface area contributed by atoms with Gasteiger partial charge in [-0.1, -0.05) is 30.3 Å². The van der Waals surface area contributed by atoms with E-state index in [9.17, 15) is 10.1 Å². The Morgan fingerprint density at radius 1 is 1.35 bits per heavy atom. The second kappa shape index (κ2) is 5.20. The number of hydrogen-bond acceptors (Lipinski definition) is 4. The van der Waals surface area contributed by atoms with E-state index in [1.165, 1.54) is 11.6 Å². The van der Waals surface area contributed by atoms with E-state index >= 15 is 0 Å². The first kappa shape index (κ1) is 13.1. The number of pyridine rings is 1. The summed E-state index contributed by atoms with van der Waals surface area (Å²) >= 11 is 3.20. The van der Waals surface area contributed by atoms with Crippen molar-refractivity contribution in [2.75, 3.05) is 5.32 Å². The lowest BCUT2D eigenvalue weighted by atomic mass is 10.1. The molecule has 1 saturated carbocycles. The maximum Gasteiger partial charge on any atom is 0.312 e. The molecule has 0 spiro atoms. The molecule has 0 amide bonds. The van der Waals surface area contributed by atoms with Crippen LogP contribution in [0.2, 0.25) is 0 Å². The van der Waals surface area contributed by atoms with Crippen LogP contribution < -0.4 is 5.32 Å². The molecule has 1 heterocycles. The van der Waals surface area contributed by atoms with Crippen LogP contribution in [0.4, 0.5) is 11.5 Å². The second-order valence-corrected chi connectivity index (χ2v) is 5.70. The van der Waals surface area contributed by atoms with Crippen molar-refractivity contribution >= 4 is 27.4 Å². The van der Waals surface area contributed by atoms with Crippen molar-refractivity contribution in [2.45, 2.75) is 18.4 Å². The summed E-state index contributed by atoms with van der Waals surface area (Å²) in [6, 6.07) is 11.8. The number of nitro groups is 1. The zero-order valence-electron chi connectivity index (χ0n) is 10.5. The molecule has 0 aliphatic heterocycles. The van der Waals surface area contributed by atoms with Crippen LogP contribution in [-0.2, 0) is 0 Å². The van der Waals surface area contributed by atoms with Gasteiger partial charge >= 0.3 is 5.69 Å². The van der Waals surface area contributed by atoms with Crippen molar-refractivity contribution in [3.05, 3.63) is 62.7 Å². The monoisotopic (exact) mass is 333 g/mol. The lowest BCUT2D eigenvalue weighted by Crippen LogP contribution is -2.08. The molecule has 2 atom stereocenters. The average molecular weight is 334 g/mol. The Hall–Kier alpha value is -1.95. The number of hydrogen-bond donors (Lipinski definition) is 1. The van der Waals surface area contributed by atoms with Crippen molar-refractivity contribution in [3.63, 3.8) is 0 Å². The zero-order chi connectivity index (χ0) is 14.1. The van der Waals surface area contributed by atoms with Crippen molar-refractivity contribution in [1.82, 2.24) is 4.98 Å². The van der Waals surface area contributed by atoms with Gasteiger partial charge in [-0.3, -0.25) is 10.1 Å². The largest absolute Gasteiger partial charge is 0.361 e. The Bertz CT molecular complexity index is 648. The van der Waals surface area contributed by atoms with Gasteiger partial charge in [0.1, 0.15) is 0 Å². The third-order valence-corrected chi connectivity index (χ3v) is 3.80. The fraction of sp³-hybridized carbons (Fsp3) is 0.214. The molecule has 3 rings (SSSR count). The van der Waals surface area contributed by atoms with Crippen LogP contribution in [0, 0.1) is 10.1 Å². The van der Waals surface area contributed by atoms with Crippen LogP contribution >= 0.6 is 15.9 Å². The molecular formula is C14H12BrN3O2. The van der Waals surface area contributed by atoms with E-state index in [4.69, 9.17) is 0 Å². The molecule has 0 bridgehead atoms. The van der Waals surface area contributed by atoms with E-state index in [2.05, 4.69) is 38.4 Å². The molecule has 1 aromatic carbocycles. The number of aromatic nitrogens is 1. The summed E-state index contributed by atoms with van der Waals surface area (Å²) in [5.74, 6) is 0.739. The summed E-state index contributed by atoms with van der Waals surface area (Å²) in [4.78, 5) is 14.7. The summed E-state index contributed by atoms with van der Waals surface area (Å²) in [6.45, 7) is 0. The summed E-state index contributed by atoms with van der Waals surface area (Å²) < 4.78 is 0.602. The molecule has 2 aromatic rings. The number of nitrogens with zero attached hydrogens (tertiary/aromatic N) is 2. The minimum atomic E-state index is -0.417. The lowest BCUT2D eigenvalue weighted by Gasteiger charge is -2.06. The number of anilines is 1. The molecule has 0 radical (unpaired) electrons. The van der Waals surface area contributed by atoms with Crippen molar-refractivity contribution in [1.29, 1.82) is 0 Å². The summed E-state index contributed by atoms with van der Waals surface area (Å²) in [6.07, 6.45) is 2.54. The molecule has 5 nitrogen and oxygen atoms in total. The molecule has 6 heteroatoms. The van der Waals surface area contributed by atoms with Crippen LogP contribution in [0.15, 0.2) is 47.1 Å². The van der Waals surface area contributed by atoms with Gasteiger partial charge in [0.05, 0.1) is 4.92 Å². The van der Waals surface area contributed by atoms with Gasteiger partial charge in [-0.25, -0.2) is 4.98 Å². The second-order valence-electron chi connectivity index (χ2n) is 4.78. The third-order valence-electron chi connectivity index (χ3n) is 3.37. The first-order chi connectivity index (χ1) is 9.65. The quantitative estimate of drug-likeness (QED) is 0.683. The van der Waals surface area contributed by atoms with Crippen molar-refractivity contribution < 1.29 is 4.92 Å². The molecule has 1 aliphatic rings. The Morgan fingerprint density at radius 3 is 2.80 bits per heavy atom. The fourth-order valence-electron chi connectivity index (χ4n) is 2.28. The van der Waals surface area contributed by atoms with Crippen LogP contribution in [0.1, 0.15) is 17.9 Å². The molecular weight excluding hydrogens is 322 g/mol. The number of nitrogens with one attached hydrogen (secondary N) is 1. The van der Waals surface area contributed by atoms with Gasteiger partial charge < -0.3 is 5.32 Å². The zero-order valence-corrected chi connectivity index (χ0v) is 12.1. The number of rotatable bonds is 4. The normalized spacial score (nSPS) is 20.4. The van der Waals surface area contributed by atoms with Crippen molar-refractivity contribution in [2.24, 2.45) is 0 Å². The molecule has 1 aromatic heterocycles. The number of benzene rings is 1. The molecule has 1 N–H and O–H groups in total. The van der Waals surface area contributed by atoms with Gasteiger partial charge in [0.25, 0.3) is 0 Å². The van der Waals surface area contributed by atoms with Crippen LogP contribution in [0.3, 0.4) is 0 Å². The first-order valence-electron chi connectivity index (χ1n) is 6.26. The van der Waals surface area contributed by atoms with Crippen LogP contribution in [0.5, 0.6) is 0 Å². The smallest absolute Gasteiger partial charge is 0.312 e. The van der Waals surface area contributed by atoms with E-state index < -0.39 is 4.92 Å². The SMILES string of the molecule is O=[N+]([O-])c1cc(Br)cnc1NC1CC1c1ccccc1. The Kier molecular flexibility index (Phi) is 3.40. The van der Waals surface area contributed by atoms with Gasteiger partial charge in [0, 0.05) is 28.7 Å². The number of halogens is 1. The highest BCUT2D eigenvalue weighted by molar-refractivity contribution is 9.10. The highest BCUT2D eigenvalue weighted by Gasteiger charge is 2.39. The third kappa shape index (κ3) is 2.65. The minimum absolute atomic E-state index is 0.00177. The van der Waals surface area contributed by atoms with Crippen molar-refractivity contribution in [3.8, 4) is 0 Å². The minimum Gasteiger partial charge on any atom is -0.361 e. The molecule has 1 fully saturated rings. The molecule has 20 heavy (non-hydrogen) atoms. The highest BCUT2D eigenvalue weighted by Crippen LogP contribution is 2.43. The van der Waals surface area contributed by atoms with Gasteiger partial charge in [-0.2, -0.15) is 0 Å². The van der Waals surface area contributed by atoms with E-state index in [-0.39, 0.29) is 11.7 Å². The Morgan fingerprint density at radius 2 is 2.10 bits per heavy atom. The van der Waals surface area contributed by atoms with Gasteiger partial charge in [-0.15, -0.1) is 0 Å². The fourth-order valence-corrected chi connectivity index (χ4v) is 2.60. The maximum atomic E-state index is 11.0. The maximum absolute atomic E-state index is 11.0. The van der Waals surface area contributed by atoms with Gasteiger partial charge in [-0.05, 0) is 27.9 Å². The van der Waals surface area contributed by atoms with E-state index in [0.29, 0.717) is 16.2 Å². The molecule has 2 unspecified atom stereocenters. The summed E-state index contributed by atoms with van der Waals surface area (Å²) in [5.41, 5.74) is 1.25. The van der Waals surface area contributed by atoms with E-state index in [1.54, 1.807) is 6.20 Å². The topological polar surface area (TPSA) is 68.1 Å². The van der Waals surface area contributed by atoms with E-state index in [0.717, 1.165) is 6.42 Å². The van der Waals surface area contributed by atoms with Gasteiger partial charge in [0.15, 0.2) is 0 Å². The first-order valence-corrected chi connectivity index (χ1v) is 7.06.